The van der Waals surface area contributed by atoms with Gasteiger partial charge in [0.05, 0.1) is 12.3 Å². The quantitative estimate of drug-likeness (QED) is 0.348. The first kappa shape index (κ1) is 21.6. The van der Waals surface area contributed by atoms with E-state index in [0.29, 0.717) is 23.4 Å². The highest BCUT2D eigenvalue weighted by atomic mass is 32.1. The van der Waals surface area contributed by atoms with Gasteiger partial charge in [0.25, 0.3) is 5.91 Å². The molecule has 0 unspecified atom stereocenters. The van der Waals surface area contributed by atoms with Crippen molar-refractivity contribution in [2.75, 3.05) is 11.9 Å². The van der Waals surface area contributed by atoms with Crippen LogP contribution in [0.15, 0.2) is 71.1 Å². The van der Waals surface area contributed by atoms with Gasteiger partial charge in [0, 0.05) is 16.6 Å². The highest BCUT2D eigenvalue weighted by molar-refractivity contribution is 7.80. The second-order valence-electron chi connectivity index (χ2n) is 7.58. The number of ether oxygens (including phenoxy) is 1. The van der Waals surface area contributed by atoms with Gasteiger partial charge < -0.3 is 14.5 Å². The van der Waals surface area contributed by atoms with Crippen LogP contribution in [-0.2, 0) is 0 Å². The van der Waals surface area contributed by atoms with Crippen LogP contribution in [0.3, 0.4) is 0 Å². The molecule has 0 saturated heterocycles. The van der Waals surface area contributed by atoms with Gasteiger partial charge >= 0.3 is 0 Å². The summed E-state index contributed by atoms with van der Waals surface area (Å²) in [7, 11) is 0. The third-order valence-electron chi connectivity index (χ3n) is 5.29. The van der Waals surface area contributed by atoms with E-state index < -0.39 is 5.91 Å². The second-order valence-corrected chi connectivity index (χ2v) is 7.99. The van der Waals surface area contributed by atoms with Crippen LogP contribution in [0.25, 0.3) is 27.7 Å². The maximum atomic E-state index is 12.7. The van der Waals surface area contributed by atoms with E-state index in [9.17, 15) is 4.79 Å². The molecule has 2 heterocycles. The molecule has 0 radical (unpaired) electrons. The Balaban J connectivity index is 1.30. The van der Waals surface area contributed by atoms with E-state index in [4.69, 9.17) is 21.4 Å². The molecule has 170 valence electrons. The zero-order chi connectivity index (χ0) is 23.7. The number of benzene rings is 3. The van der Waals surface area contributed by atoms with Crippen LogP contribution in [0.1, 0.15) is 23.0 Å². The fourth-order valence-corrected chi connectivity index (χ4v) is 3.87. The average Bonchev–Trinajstić information content (AvgIpc) is 3.41. The van der Waals surface area contributed by atoms with Crippen LogP contribution in [0.2, 0.25) is 0 Å². The van der Waals surface area contributed by atoms with E-state index in [1.807, 2.05) is 80.6 Å². The number of anilines is 1. The number of aryl methyl sites for hydroxylation is 1. The first-order valence-electron chi connectivity index (χ1n) is 10.7. The Hall–Kier alpha value is -4.24. The molecule has 5 aromatic rings. The molecule has 0 aliphatic heterocycles. The first-order chi connectivity index (χ1) is 16.5. The number of hydrogen-bond donors (Lipinski definition) is 2. The number of carbonyl (C=O) groups is 1. The fraction of sp³-hybridized carbons (Fsp3) is 0.120. The van der Waals surface area contributed by atoms with E-state index in [2.05, 4.69) is 20.8 Å². The van der Waals surface area contributed by atoms with Gasteiger partial charge in [-0.05, 0) is 74.6 Å². The van der Waals surface area contributed by atoms with Crippen LogP contribution >= 0.6 is 12.2 Å². The third-order valence-corrected chi connectivity index (χ3v) is 5.50. The number of amides is 1. The van der Waals surface area contributed by atoms with Crippen molar-refractivity contribution in [1.29, 1.82) is 0 Å². The summed E-state index contributed by atoms with van der Waals surface area (Å²) in [6.07, 6.45) is 0. The smallest absolute Gasteiger partial charge is 0.293 e. The number of fused-ring (bicyclic) bond motifs is 2. The molecule has 0 spiro atoms. The van der Waals surface area contributed by atoms with Gasteiger partial charge in [0.1, 0.15) is 22.4 Å². The van der Waals surface area contributed by atoms with Gasteiger partial charge in [-0.3, -0.25) is 10.1 Å². The van der Waals surface area contributed by atoms with E-state index in [0.717, 1.165) is 27.9 Å². The summed E-state index contributed by atoms with van der Waals surface area (Å²) in [6, 6.07) is 20.5. The van der Waals surface area contributed by atoms with E-state index in [-0.39, 0.29) is 10.9 Å². The molecule has 5 rings (SSSR count). The third kappa shape index (κ3) is 4.20. The Labute approximate surface area is 200 Å². The summed E-state index contributed by atoms with van der Waals surface area (Å²) in [5, 5.41) is 15.8. The van der Waals surface area contributed by atoms with Crippen LogP contribution in [0, 0.1) is 6.92 Å². The molecule has 2 aromatic heterocycles. The maximum absolute atomic E-state index is 12.7. The van der Waals surface area contributed by atoms with Crippen molar-refractivity contribution in [3.63, 3.8) is 0 Å². The number of carbonyl (C=O) groups excluding carboxylic acids is 1. The molecule has 0 atom stereocenters. The van der Waals surface area contributed by atoms with Crippen molar-refractivity contribution in [3.8, 4) is 11.4 Å². The minimum Gasteiger partial charge on any atom is -0.494 e. The van der Waals surface area contributed by atoms with Crippen LogP contribution < -0.4 is 15.4 Å². The minimum atomic E-state index is -0.409. The zero-order valence-electron chi connectivity index (χ0n) is 18.5. The van der Waals surface area contributed by atoms with Crippen LogP contribution in [0.5, 0.6) is 5.75 Å². The normalized spacial score (nSPS) is 11.0. The largest absolute Gasteiger partial charge is 0.494 e. The number of nitrogens with zero attached hydrogens (tertiary/aromatic N) is 3. The van der Waals surface area contributed by atoms with Crippen LogP contribution in [0.4, 0.5) is 5.69 Å². The lowest BCUT2D eigenvalue weighted by atomic mass is 10.1. The van der Waals surface area contributed by atoms with Crippen molar-refractivity contribution >= 4 is 50.9 Å². The summed E-state index contributed by atoms with van der Waals surface area (Å²) in [4.78, 5) is 14.3. The average molecular weight is 472 g/mol. The summed E-state index contributed by atoms with van der Waals surface area (Å²) < 4.78 is 11.2. The van der Waals surface area contributed by atoms with Gasteiger partial charge in [0.2, 0.25) is 0 Å². The van der Waals surface area contributed by atoms with Gasteiger partial charge in [-0.1, -0.05) is 18.2 Å². The van der Waals surface area contributed by atoms with Crippen molar-refractivity contribution in [3.05, 3.63) is 78.1 Å². The Morgan fingerprint density at radius 3 is 2.59 bits per heavy atom. The Kier molecular flexibility index (Phi) is 5.69. The lowest BCUT2D eigenvalue weighted by molar-refractivity contribution is 0.0952. The monoisotopic (exact) mass is 471 g/mol. The number of hydrogen-bond acceptors (Lipinski definition) is 6. The number of aromatic nitrogens is 3. The highest BCUT2D eigenvalue weighted by Crippen LogP contribution is 2.25. The van der Waals surface area contributed by atoms with Crippen molar-refractivity contribution in [2.24, 2.45) is 0 Å². The molecule has 2 N–H and O–H groups in total. The number of thiocarbonyl (C=S) groups is 1. The molecule has 0 saturated carbocycles. The minimum absolute atomic E-state index is 0.156. The van der Waals surface area contributed by atoms with Gasteiger partial charge in [-0.15, -0.1) is 10.2 Å². The van der Waals surface area contributed by atoms with Crippen LogP contribution in [-0.4, -0.2) is 32.6 Å². The predicted octanol–water partition coefficient (Wildman–Crippen LogP) is 5.00. The SMILES string of the molecule is CCOc1ccc(-n2nc3ccc(NC(=S)NC(=O)c4oc5ccccc5c4C)cc3n2)cc1. The Morgan fingerprint density at radius 2 is 1.82 bits per heavy atom. The first-order valence-corrected chi connectivity index (χ1v) is 11.1. The van der Waals surface area contributed by atoms with Gasteiger partial charge in [-0.25, -0.2) is 0 Å². The molecule has 1 amide bonds. The molecular weight excluding hydrogens is 450 g/mol. The standard InChI is InChI=1S/C25H21N5O3S/c1-3-32-18-11-9-17(10-12-18)30-28-20-13-8-16(14-21(20)29-30)26-25(34)27-24(31)23-15(2)19-6-4-5-7-22(19)33-23/h4-14H,3H2,1-2H3,(H2,26,27,31,34). The number of nitrogens with one attached hydrogen (secondary N) is 2. The summed E-state index contributed by atoms with van der Waals surface area (Å²) in [5.74, 6) is 0.621. The Morgan fingerprint density at radius 1 is 1.06 bits per heavy atom. The van der Waals surface area contributed by atoms with E-state index in [1.54, 1.807) is 4.80 Å². The molecular formula is C25H21N5O3S. The Bertz CT molecular complexity index is 1520. The lowest BCUT2D eigenvalue weighted by Gasteiger charge is -2.08. The van der Waals surface area contributed by atoms with Crippen molar-refractivity contribution in [2.45, 2.75) is 13.8 Å². The zero-order valence-corrected chi connectivity index (χ0v) is 19.3. The summed E-state index contributed by atoms with van der Waals surface area (Å²) in [5.41, 5.74) is 4.33. The molecule has 9 heteroatoms. The molecule has 0 bridgehead atoms. The van der Waals surface area contributed by atoms with Gasteiger partial charge in [0.15, 0.2) is 10.9 Å². The number of furan rings is 1. The van der Waals surface area contributed by atoms with Crippen molar-refractivity contribution in [1.82, 2.24) is 20.3 Å². The predicted molar refractivity (Wildman–Crippen MR) is 135 cm³/mol. The summed E-state index contributed by atoms with van der Waals surface area (Å²) in [6.45, 7) is 4.40. The molecule has 8 nitrogen and oxygen atoms in total. The fourth-order valence-electron chi connectivity index (χ4n) is 3.66. The highest BCUT2D eigenvalue weighted by Gasteiger charge is 2.18. The number of para-hydroxylation sites is 1. The van der Waals surface area contributed by atoms with E-state index in [1.165, 1.54) is 0 Å². The lowest BCUT2D eigenvalue weighted by Crippen LogP contribution is -2.34. The molecule has 0 aliphatic rings. The maximum Gasteiger partial charge on any atom is 0.293 e. The molecule has 0 aliphatic carbocycles. The topological polar surface area (TPSA) is 94.2 Å². The number of rotatable bonds is 5. The second kappa shape index (κ2) is 8.95. The molecule has 3 aromatic carbocycles. The molecule has 34 heavy (non-hydrogen) atoms. The summed E-state index contributed by atoms with van der Waals surface area (Å²) >= 11 is 5.34. The van der Waals surface area contributed by atoms with Crippen molar-refractivity contribution < 1.29 is 13.9 Å². The van der Waals surface area contributed by atoms with Gasteiger partial charge in [-0.2, -0.15) is 4.80 Å². The van der Waals surface area contributed by atoms with E-state index >= 15 is 0 Å². The molecule has 0 fully saturated rings.